The Morgan fingerprint density at radius 2 is 2.17 bits per heavy atom. The van der Waals surface area contributed by atoms with Gasteiger partial charge in [-0.15, -0.1) is 11.3 Å². The summed E-state index contributed by atoms with van der Waals surface area (Å²) in [6.45, 7) is 0. The molecule has 11 heteroatoms. The van der Waals surface area contributed by atoms with Crippen molar-refractivity contribution in [3.05, 3.63) is 58.0 Å². The number of ether oxygens (including phenoxy) is 1. The van der Waals surface area contributed by atoms with Crippen LogP contribution < -0.4 is 10.1 Å². The molecule has 4 aromatic rings. The maximum absolute atomic E-state index is 12.3. The van der Waals surface area contributed by atoms with Gasteiger partial charge in [-0.25, -0.2) is 9.97 Å². The summed E-state index contributed by atoms with van der Waals surface area (Å²) in [5, 5.41) is 16.5. The van der Waals surface area contributed by atoms with E-state index in [4.69, 9.17) is 4.74 Å². The lowest BCUT2D eigenvalue weighted by atomic mass is 10.1. The van der Waals surface area contributed by atoms with Crippen molar-refractivity contribution >= 4 is 50.9 Å². The van der Waals surface area contributed by atoms with Crippen molar-refractivity contribution in [2.45, 2.75) is 5.16 Å². The number of imidazole rings is 1. The Balaban J connectivity index is 1.38. The van der Waals surface area contributed by atoms with Crippen LogP contribution in [0.3, 0.4) is 0 Å². The Bertz CT molecular complexity index is 1240. The van der Waals surface area contributed by atoms with Gasteiger partial charge < -0.3 is 15.0 Å². The molecule has 0 atom stereocenters. The van der Waals surface area contributed by atoms with Gasteiger partial charge in [-0.3, -0.25) is 14.9 Å². The van der Waals surface area contributed by atoms with Crippen LogP contribution in [0, 0.1) is 10.1 Å². The molecule has 2 heterocycles. The van der Waals surface area contributed by atoms with Gasteiger partial charge in [0, 0.05) is 29.1 Å². The number of methoxy groups -OCH3 is 1. The van der Waals surface area contributed by atoms with Gasteiger partial charge in [0.05, 0.1) is 34.5 Å². The first-order valence-corrected chi connectivity index (χ1v) is 10.5. The number of rotatable bonds is 7. The van der Waals surface area contributed by atoms with Gasteiger partial charge in [-0.2, -0.15) is 0 Å². The predicted octanol–water partition coefficient (Wildman–Crippen LogP) is 4.33. The minimum Gasteiger partial charge on any atom is -0.497 e. The number of nitro benzene ring substituents is 1. The average Bonchev–Trinajstić information content (AvgIpc) is 3.38. The van der Waals surface area contributed by atoms with Crippen molar-refractivity contribution in [1.29, 1.82) is 0 Å². The molecule has 2 N–H and O–H groups in total. The van der Waals surface area contributed by atoms with Gasteiger partial charge in [0.1, 0.15) is 5.75 Å². The zero-order chi connectivity index (χ0) is 21.1. The maximum atomic E-state index is 12.3. The highest BCUT2D eigenvalue weighted by atomic mass is 32.2. The van der Waals surface area contributed by atoms with Crippen molar-refractivity contribution in [2.75, 3.05) is 18.2 Å². The van der Waals surface area contributed by atoms with Gasteiger partial charge in [0.2, 0.25) is 5.91 Å². The number of aromatic amines is 1. The second-order valence-corrected chi connectivity index (χ2v) is 7.93. The second kappa shape index (κ2) is 8.51. The summed E-state index contributed by atoms with van der Waals surface area (Å²) in [4.78, 5) is 34.7. The van der Waals surface area contributed by atoms with Crippen molar-refractivity contribution in [3.63, 3.8) is 0 Å². The lowest BCUT2D eigenvalue weighted by Gasteiger charge is -2.00. The largest absolute Gasteiger partial charge is 0.497 e. The zero-order valence-corrected chi connectivity index (χ0v) is 17.3. The van der Waals surface area contributed by atoms with Crippen LogP contribution in [0.4, 0.5) is 10.8 Å². The van der Waals surface area contributed by atoms with E-state index in [0.29, 0.717) is 21.5 Å². The average molecular weight is 441 g/mol. The molecule has 2 aromatic heterocycles. The summed E-state index contributed by atoms with van der Waals surface area (Å²) >= 11 is 2.53. The number of fused-ring (bicyclic) bond motifs is 1. The van der Waals surface area contributed by atoms with Crippen LogP contribution in [-0.2, 0) is 4.79 Å². The lowest BCUT2D eigenvalue weighted by Crippen LogP contribution is -2.13. The molecule has 152 valence electrons. The molecule has 0 aliphatic carbocycles. The minimum atomic E-state index is -0.454. The molecule has 0 unspecified atom stereocenters. The van der Waals surface area contributed by atoms with Gasteiger partial charge in [-0.05, 0) is 12.1 Å². The summed E-state index contributed by atoms with van der Waals surface area (Å²) < 4.78 is 5.19. The molecule has 0 fully saturated rings. The Labute approximate surface area is 178 Å². The third-order valence-electron chi connectivity index (χ3n) is 4.11. The van der Waals surface area contributed by atoms with Gasteiger partial charge in [0.15, 0.2) is 10.3 Å². The number of hydrogen-bond acceptors (Lipinski definition) is 8. The molecule has 0 aliphatic rings. The first-order valence-electron chi connectivity index (χ1n) is 8.68. The van der Waals surface area contributed by atoms with Gasteiger partial charge in [-0.1, -0.05) is 23.9 Å². The Morgan fingerprint density at radius 3 is 2.97 bits per heavy atom. The molecular weight excluding hydrogens is 426 g/mol. The number of aromatic nitrogens is 3. The Hall–Kier alpha value is -3.44. The number of H-pyrrole nitrogens is 1. The van der Waals surface area contributed by atoms with Crippen LogP contribution in [0.15, 0.2) is 53.0 Å². The highest BCUT2D eigenvalue weighted by Crippen LogP contribution is 2.28. The van der Waals surface area contributed by atoms with E-state index in [2.05, 4.69) is 20.3 Å². The first-order chi connectivity index (χ1) is 14.5. The van der Waals surface area contributed by atoms with Crippen LogP contribution in [0.2, 0.25) is 0 Å². The molecule has 0 aliphatic heterocycles. The van der Waals surface area contributed by atoms with Gasteiger partial charge >= 0.3 is 0 Å². The molecule has 1 amide bonds. The van der Waals surface area contributed by atoms with Crippen molar-refractivity contribution < 1.29 is 14.5 Å². The van der Waals surface area contributed by atoms with Crippen molar-refractivity contribution in [1.82, 2.24) is 15.0 Å². The summed E-state index contributed by atoms with van der Waals surface area (Å²) in [5.41, 5.74) is 2.80. The third kappa shape index (κ3) is 4.42. The van der Waals surface area contributed by atoms with E-state index in [-0.39, 0.29) is 17.3 Å². The molecule has 0 bridgehead atoms. The molecule has 0 saturated carbocycles. The highest BCUT2D eigenvalue weighted by Gasteiger charge is 2.13. The van der Waals surface area contributed by atoms with E-state index in [1.807, 2.05) is 18.2 Å². The van der Waals surface area contributed by atoms with E-state index in [1.165, 1.54) is 35.2 Å². The number of anilines is 1. The summed E-state index contributed by atoms with van der Waals surface area (Å²) in [6, 6.07) is 11.7. The number of benzene rings is 2. The fourth-order valence-corrected chi connectivity index (χ4v) is 4.11. The predicted molar refractivity (Wildman–Crippen MR) is 116 cm³/mol. The molecule has 9 nitrogen and oxygen atoms in total. The molecule has 0 spiro atoms. The van der Waals surface area contributed by atoms with Gasteiger partial charge in [0.25, 0.3) is 5.69 Å². The van der Waals surface area contributed by atoms with Crippen LogP contribution >= 0.6 is 23.1 Å². The van der Waals surface area contributed by atoms with Crippen LogP contribution in [0.25, 0.3) is 22.3 Å². The van der Waals surface area contributed by atoms with Crippen LogP contribution in [-0.4, -0.2) is 38.6 Å². The Kier molecular flexibility index (Phi) is 5.63. The van der Waals surface area contributed by atoms with E-state index in [9.17, 15) is 14.9 Å². The molecule has 2 aromatic carbocycles. The molecule has 0 radical (unpaired) electrons. The fourth-order valence-electron chi connectivity index (χ4n) is 2.69. The number of nitrogens with zero attached hydrogens (tertiary/aromatic N) is 3. The number of hydrogen-bond donors (Lipinski definition) is 2. The number of carbonyl (C=O) groups excluding carboxylic acids is 1. The standard InChI is InChI=1S/C19H15N5O4S2/c1-28-13-5-6-14-15(8-13)21-18(20-14)30-10-17(25)23-19-22-16(9-29-19)11-3-2-4-12(7-11)24(26)27/h2-9H,10H2,1H3,(H,20,21)(H,22,23,25). The number of nitrogens with one attached hydrogen (secondary N) is 2. The first kappa shape index (κ1) is 19.9. The SMILES string of the molecule is COc1ccc2nc(SCC(=O)Nc3nc(-c4cccc([N+](=O)[O-])c4)cs3)[nH]c2c1. The smallest absolute Gasteiger partial charge is 0.270 e. The van der Waals surface area contributed by atoms with Crippen molar-refractivity contribution in [2.24, 2.45) is 0 Å². The maximum Gasteiger partial charge on any atom is 0.270 e. The second-order valence-electron chi connectivity index (χ2n) is 6.11. The van der Waals surface area contributed by atoms with Crippen molar-refractivity contribution in [3.8, 4) is 17.0 Å². The number of thiazole rings is 1. The highest BCUT2D eigenvalue weighted by molar-refractivity contribution is 7.99. The van der Waals surface area contributed by atoms with Crippen LogP contribution in [0.1, 0.15) is 0 Å². The minimum absolute atomic E-state index is 0.00839. The topological polar surface area (TPSA) is 123 Å². The van der Waals surface area contributed by atoms with E-state index in [1.54, 1.807) is 24.6 Å². The summed E-state index contributed by atoms with van der Waals surface area (Å²) in [5.74, 6) is 0.657. The molecule has 4 rings (SSSR count). The lowest BCUT2D eigenvalue weighted by molar-refractivity contribution is -0.384. The molecule has 0 saturated heterocycles. The van der Waals surface area contributed by atoms with E-state index >= 15 is 0 Å². The number of carbonyl (C=O) groups is 1. The number of nitro groups is 1. The third-order valence-corrected chi connectivity index (χ3v) is 5.74. The number of thioether (sulfide) groups is 1. The van der Waals surface area contributed by atoms with E-state index < -0.39 is 4.92 Å². The van der Waals surface area contributed by atoms with Crippen LogP contribution in [0.5, 0.6) is 5.75 Å². The summed E-state index contributed by atoms with van der Waals surface area (Å²) in [6.07, 6.45) is 0. The fraction of sp³-hybridized carbons (Fsp3) is 0.105. The monoisotopic (exact) mass is 441 g/mol. The molecule has 30 heavy (non-hydrogen) atoms. The number of non-ortho nitro benzene ring substituents is 1. The normalized spacial score (nSPS) is 10.8. The van der Waals surface area contributed by atoms with E-state index in [0.717, 1.165) is 16.8 Å². The quantitative estimate of drug-likeness (QED) is 0.248. The summed E-state index contributed by atoms with van der Waals surface area (Å²) in [7, 11) is 1.60. The number of amides is 1. The Morgan fingerprint density at radius 1 is 1.30 bits per heavy atom. The molecular formula is C19H15N5O4S2. The zero-order valence-electron chi connectivity index (χ0n) is 15.6.